The van der Waals surface area contributed by atoms with Crippen molar-refractivity contribution >= 4 is 11.7 Å². The molecule has 0 spiro atoms. The number of amides is 1. The van der Waals surface area contributed by atoms with Crippen molar-refractivity contribution < 1.29 is 14.7 Å². The second kappa shape index (κ2) is 5.69. The van der Waals surface area contributed by atoms with Gasteiger partial charge < -0.3 is 21.0 Å². The van der Waals surface area contributed by atoms with Gasteiger partial charge in [-0.05, 0) is 12.8 Å². The molecule has 1 fully saturated rings. The zero-order valence-corrected chi connectivity index (χ0v) is 9.53. The molecule has 1 aliphatic carbocycles. The second-order valence-electron chi connectivity index (χ2n) is 4.02. The van der Waals surface area contributed by atoms with Crippen molar-refractivity contribution in [1.29, 1.82) is 0 Å². The number of carbonyl (C=O) groups excluding carboxylic acids is 1. The Kier molecular flexibility index (Phi) is 4.54. The Morgan fingerprint density at radius 2 is 2.19 bits per heavy atom. The number of methoxy groups -OCH3 is 1. The minimum Gasteiger partial charge on any atom is -0.409 e. The van der Waals surface area contributed by atoms with Crippen molar-refractivity contribution in [3.05, 3.63) is 0 Å². The maximum atomic E-state index is 12.0. The van der Waals surface area contributed by atoms with Gasteiger partial charge in [-0.15, -0.1) is 0 Å². The van der Waals surface area contributed by atoms with Crippen LogP contribution in [0.5, 0.6) is 0 Å². The first-order valence-electron chi connectivity index (χ1n) is 5.42. The molecule has 6 heteroatoms. The molecule has 1 aliphatic rings. The van der Waals surface area contributed by atoms with Crippen LogP contribution < -0.4 is 11.1 Å². The van der Waals surface area contributed by atoms with E-state index in [2.05, 4.69) is 10.5 Å². The second-order valence-corrected chi connectivity index (χ2v) is 4.02. The summed E-state index contributed by atoms with van der Waals surface area (Å²) in [5, 5.41) is 14.5. The Morgan fingerprint density at radius 3 is 2.69 bits per heavy atom. The highest BCUT2D eigenvalue weighted by molar-refractivity contribution is 6.07. The summed E-state index contributed by atoms with van der Waals surface area (Å²) in [7, 11) is 1.57. The fourth-order valence-corrected chi connectivity index (χ4v) is 2.11. The molecule has 0 bridgehead atoms. The van der Waals surface area contributed by atoms with Gasteiger partial charge in [-0.3, -0.25) is 4.79 Å². The van der Waals surface area contributed by atoms with Crippen LogP contribution in [-0.2, 0) is 9.53 Å². The molecule has 92 valence electrons. The number of rotatable bonds is 5. The van der Waals surface area contributed by atoms with Gasteiger partial charge in [0, 0.05) is 13.7 Å². The number of nitrogens with zero attached hydrogens (tertiary/aromatic N) is 1. The van der Waals surface area contributed by atoms with E-state index in [1.807, 2.05) is 0 Å². The lowest BCUT2D eigenvalue weighted by Gasteiger charge is -2.25. The molecule has 6 nitrogen and oxygen atoms in total. The van der Waals surface area contributed by atoms with Gasteiger partial charge in [0.25, 0.3) is 0 Å². The lowest BCUT2D eigenvalue weighted by molar-refractivity contribution is -0.127. The number of nitrogens with one attached hydrogen (secondary N) is 1. The van der Waals surface area contributed by atoms with E-state index in [1.165, 1.54) is 0 Å². The van der Waals surface area contributed by atoms with Crippen LogP contribution in [0, 0.1) is 5.41 Å². The van der Waals surface area contributed by atoms with Gasteiger partial charge in [-0.1, -0.05) is 18.0 Å². The van der Waals surface area contributed by atoms with Crippen LogP contribution in [0.15, 0.2) is 5.16 Å². The number of amidine groups is 1. The molecule has 1 saturated carbocycles. The van der Waals surface area contributed by atoms with Crippen LogP contribution in [0.2, 0.25) is 0 Å². The van der Waals surface area contributed by atoms with E-state index in [0.29, 0.717) is 26.0 Å². The van der Waals surface area contributed by atoms with Gasteiger partial charge in [0.15, 0.2) is 5.84 Å². The maximum Gasteiger partial charge on any atom is 0.234 e. The highest BCUT2D eigenvalue weighted by atomic mass is 16.5. The van der Waals surface area contributed by atoms with Crippen LogP contribution in [-0.4, -0.2) is 37.2 Å². The predicted octanol–water partition coefficient (Wildman–Crippen LogP) is 0.0558. The lowest BCUT2D eigenvalue weighted by Crippen LogP contribution is -2.48. The van der Waals surface area contributed by atoms with Crippen LogP contribution in [0.3, 0.4) is 0 Å². The Morgan fingerprint density at radius 1 is 1.56 bits per heavy atom. The quantitative estimate of drug-likeness (QED) is 0.204. The molecular formula is C10H19N3O3. The van der Waals surface area contributed by atoms with Crippen molar-refractivity contribution in [2.75, 3.05) is 20.3 Å². The number of oxime groups is 1. The molecule has 0 atom stereocenters. The summed E-state index contributed by atoms with van der Waals surface area (Å²) in [6.07, 6.45) is 3.13. The Bertz CT molecular complexity index is 272. The summed E-state index contributed by atoms with van der Waals surface area (Å²) in [5.74, 6) is -0.155. The Hall–Kier alpha value is -1.30. The molecule has 1 amide bonds. The SMILES string of the molecule is COCCNC(=O)C1(C(N)=NO)CCCC1. The first-order valence-corrected chi connectivity index (χ1v) is 5.42. The van der Waals surface area contributed by atoms with E-state index in [4.69, 9.17) is 15.7 Å². The molecule has 4 N–H and O–H groups in total. The molecule has 0 aromatic heterocycles. The van der Waals surface area contributed by atoms with Crippen molar-refractivity contribution in [3.8, 4) is 0 Å². The first-order chi connectivity index (χ1) is 7.67. The Labute approximate surface area is 94.8 Å². The highest BCUT2D eigenvalue weighted by Crippen LogP contribution is 2.38. The number of hydrogen-bond donors (Lipinski definition) is 3. The third kappa shape index (κ3) is 2.44. The third-order valence-electron chi connectivity index (χ3n) is 3.08. The summed E-state index contributed by atoms with van der Waals surface area (Å²) < 4.78 is 4.85. The van der Waals surface area contributed by atoms with Gasteiger partial charge >= 0.3 is 0 Å². The molecule has 0 radical (unpaired) electrons. The molecule has 0 heterocycles. The number of nitrogens with two attached hydrogens (primary N) is 1. The van der Waals surface area contributed by atoms with E-state index in [9.17, 15) is 4.79 Å². The smallest absolute Gasteiger partial charge is 0.234 e. The number of ether oxygens (including phenoxy) is 1. The topological polar surface area (TPSA) is 96.9 Å². The van der Waals surface area contributed by atoms with Gasteiger partial charge in [0.1, 0.15) is 5.41 Å². The summed E-state index contributed by atoms with van der Waals surface area (Å²) in [4.78, 5) is 12.0. The fourth-order valence-electron chi connectivity index (χ4n) is 2.11. The summed E-state index contributed by atoms with van der Waals surface area (Å²) in [6.45, 7) is 0.897. The van der Waals surface area contributed by atoms with Crippen molar-refractivity contribution in [1.82, 2.24) is 5.32 Å². The summed E-state index contributed by atoms with van der Waals surface area (Å²) in [5.41, 5.74) is 4.81. The molecule has 0 unspecified atom stereocenters. The predicted molar refractivity (Wildman–Crippen MR) is 59.2 cm³/mol. The number of hydrogen-bond acceptors (Lipinski definition) is 4. The average molecular weight is 229 g/mol. The average Bonchev–Trinajstić information content (AvgIpc) is 2.78. The molecule has 1 rings (SSSR count). The maximum absolute atomic E-state index is 12.0. The molecular weight excluding hydrogens is 210 g/mol. The van der Waals surface area contributed by atoms with Crippen molar-refractivity contribution in [2.24, 2.45) is 16.3 Å². The van der Waals surface area contributed by atoms with Crippen LogP contribution in [0.4, 0.5) is 0 Å². The van der Waals surface area contributed by atoms with E-state index in [0.717, 1.165) is 12.8 Å². The normalized spacial score (nSPS) is 19.7. The van der Waals surface area contributed by atoms with Crippen molar-refractivity contribution in [2.45, 2.75) is 25.7 Å². The minimum atomic E-state index is -0.817. The van der Waals surface area contributed by atoms with Crippen LogP contribution in [0.25, 0.3) is 0 Å². The van der Waals surface area contributed by atoms with Gasteiger partial charge in [-0.2, -0.15) is 0 Å². The summed E-state index contributed by atoms with van der Waals surface area (Å²) in [6, 6.07) is 0. The summed E-state index contributed by atoms with van der Waals surface area (Å²) >= 11 is 0. The van der Waals surface area contributed by atoms with E-state index in [1.54, 1.807) is 7.11 Å². The molecule has 16 heavy (non-hydrogen) atoms. The highest BCUT2D eigenvalue weighted by Gasteiger charge is 2.45. The molecule has 0 aromatic carbocycles. The molecule has 0 aromatic rings. The third-order valence-corrected chi connectivity index (χ3v) is 3.08. The molecule has 0 aliphatic heterocycles. The largest absolute Gasteiger partial charge is 0.409 e. The van der Waals surface area contributed by atoms with Crippen molar-refractivity contribution in [3.63, 3.8) is 0 Å². The zero-order valence-electron chi connectivity index (χ0n) is 9.53. The van der Waals surface area contributed by atoms with E-state index in [-0.39, 0.29) is 11.7 Å². The van der Waals surface area contributed by atoms with Crippen LogP contribution in [0.1, 0.15) is 25.7 Å². The fraction of sp³-hybridized carbons (Fsp3) is 0.800. The number of carbonyl (C=O) groups is 1. The Balaban J connectivity index is 2.66. The van der Waals surface area contributed by atoms with E-state index >= 15 is 0 Å². The van der Waals surface area contributed by atoms with E-state index < -0.39 is 5.41 Å². The minimum absolute atomic E-state index is 0.0138. The zero-order chi connectivity index (χ0) is 12.0. The van der Waals surface area contributed by atoms with Gasteiger partial charge in [-0.25, -0.2) is 0 Å². The van der Waals surface area contributed by atoms with Gasteiger partial charge in [0.2, 0.25) is 5.91 Å². The lowest BCUT2D eigenvalue weighted by atomic mass is 9.84. The first kappa shape index (κ1) is 12.8. The monoisotopic (exact) mass is 229 g/mol. The van der Waals surface area contributed by atoms with Crippen LogP contribution >= 0.6 is 0 Å². The standard InChI is InChI=1S/C10H19N3O3/c1-16-7-6-12-9(14)10(8(11)13-15)4-2-3-5-10/h15H,2-7H2,1H3,(H2,11,13)(H,12,14). The molecule has 0 saturated heterocycles. The van der Waals surface area contributed by atoms with Gasteiger partial charge in [0.05, 0.1) is 6.61 Å².